The Labute approximate surface area is 193 Å². The summed E-state index contributed by atoms with van der Waals surface area (Å²) in [5, 5.41) is 5.86. The lowest BCUT2D eigenvalue weighted by Gasteiger charge is -2.11. The Hall–Kier alpha value is -3.24. The molecule has 1 heterocycles. The molecule has 0 aliphatic heterocycles. The molecular weight excluding hydrogens is 513 g/mol. The van der Waals surface area contributed by atoms with Crippen molar-refractivity contribution in [3.05, 3.63) is 92.7 Å². The van der Waals surface area contributed by atoms with Crippen molar-refractivity contribution in [2.75, 3.05) is 5.32 Å². The highest BCUT2D eigenvalue weighted by molar-refractivity contribution is 9.10. The molecule has 2 aromatic carbocycles. The number of carbonyl (C=O) groups is 2. The molecule has 0 spiro atoms. The maximum absolute atomic E-state index is 13.0. The molecule has 0 bridgehead atoms. The Balaban J connectivity index is 1.77. The van der Waals surface area contributed by atoms with Crippen molar-refractivity contribution in [2.45, 2.75) is 6.18 Å². The van der Waals surface area contributed by atoms with Gasteiger partial charge in [0.2, 0.25) is 0 Å². The first kappa shape index (κ1) is 23.4. The van der Waals surface area contributed by atoms with E-state index in [1.165, 1.54) is 30.5 Å². The van der Waals surface area contributed by atoms with Crippen LogP contribution >= 0.6 is 27.5 Å². The van der Waals surface area contributed by atoms with Gasteiger partial charge in [-0.2, -0.15) is 18.3 Å². The number of rotatable bonds is 5. The second kappa shape index (κ2) is 9.92. The third-order valence-electron chi connectivity index (χ3n) is 4.05. The number of hydrogen-bond acceptors (Lipinski definition) is 4. The third-order valence-corrected chi connectivity index (χ3v) is 4.87. The lowest BCUT2D eigenvalue weighted by atomic mass is 10.1. The highest BCUT2D eigenvalue weighted by Crippen LogP contribution is 2.34. The predicted octanol–water partition coefficient (Wildman–Crippen LogP) is 5.53. The van der Waals surface area contributed by atoms with Gasteiger partial charge in [0.1, 0.15) is 5.69 Å². The van der Waals surface area contributed by atoms with Crippen LogP contribution in [0.15, 0.2) is 70.4 Å². The molecule has 2 amide bonds. The minimum absolute atomic E-state index is 0.0768. The lowest BCUT2D eigenvalue weighted by molar-refractivity contribution is -0.137. The molecule has 0 aliphatic carbocycles. The first-order valence-electron chi connectivity index (χ1n) is 8.87. The maximum atomic E-state index is 13.0. The van der Waals surface area contributed by atoms with Gasteiger partial charge in [0.25, 0.3) is 11.8 Å². The van der Waals surface area contributed by atoms with Crippen molar-refractivity contribution >= 4 is 51.2 Å². The molecule has 164 valence electrons. The van der Waals surface area contributed by atoms with E-state index in [-0.39, 0.29) is 22.5 Å². The smallest absolute Gasteiger partial charge is 0.320 e. The van der Waals surface area contributed by atoms with E-state index in [9.17, 15) is 22.8 Å². The van der Waals surface area contributed by atoms with Crippen LogP contribution in [0.2, 0.25) is 5.02 Å². The number of pyridine rings is 1. The maximum Gasteiger partial charge on any atom is 0.417 e. The largest absolute Gasteiger partial charge is 0.417 e. The standard InChI is InChI=1S/C21H13BrClF3N4O2/c22-13-5-7-17(29-20(32)18-3-1-2-8-27-18)14(10-13)19(31)30-28-11-12-4-6-16(23)15(9-12)21(24,25)26/h1-11H,(H,29,32)(H,30,31). The fourth-order valence-electron chi connectivity index (χ4n) is 2.56. The van der Waals surface area contributed by atoms with E-state index in [0.717, 1.165) is 18.3 Å². The number of hydrogen-bond donors (Lipinski definition) is 2. The van der Waals surface area contributed by atoms with Crippen LogP contribution in [0, 0.1) is 0 Å². The van der Waals surface area contributed by atoms with Crippen LogP contribution in [0.25, 0.3) is 0 Å². The van der Waals surface area contributed by atoms with E-state index in [2.05, 4.69) is 36.8 Å². The van der Waals surface area contributed by atoms with Gasteiger partial charge in [0.15, 0.2) is 0 Å². The van der Waals surface area contributed by atoms with E-state index >= 15 is 0 Å². The average Bonchev–Trinajstić information content (AvgIpc) is 2.75. The summed E-state index contributed by atoms with van der Waals surface area (Å²) in [5.41, 5.74) is 1.73. The molecule has 32 heavy (non-hydrogen) atoms. The van der Waals surface area contributed by atoms with Crippen LogP contribution < -0.4 is 10.7 Å². The molecule has 6 nitrogen and oxygen atoms in total. The molecule has 0 radical (unpaired) electrons. The molecule has 0 saturated heterocycles. The lowest BCUT2D eigenvalue weighted by Crippen LogP contribution is -2.21. The summed E-state index contributed by atoms with van der Waals surface area (Å²) in [5.74, 6) is -1.21. The Bertz CT molecular complexity index is 1190. The van der Waals surface area contributed by atoms with Crippen LogP contribution in [-0.2, 0) is 6.18 Å². The summed E-state index contributed by atoms with van der Waals surface area (Å²) in [7, 11) is 0. The van der Waals surface area contributed by atoms with Crippen molar-refractivity contribution in [3.63, 3.8) is 0 Å². The number of nitrogens with zero attached hydrogens (tertiary/aromatic N) is 2. The summed E-state index contributed by atoms with van der Waals surface area (Å²) in [6, 6.07) is 12.6. The summed E-state index contributed by atoms with van der Waals surface area (Å²) >= 11 is 8.84. The number of amides is 2. The van der Waals surface area contributed by atoms with Crippen LogP contribution in [0.5, 0.6) is 0 Å². The molecule has 0 atom stereocenters. The predicted molar refractivity (Wildman–Crippen MR) is 118 cm³/mol. The highest BCUT2D eigenvalue weighted by Gasteiger charge is 2.33. The summed E-state index contributed by atoms with van der Waals surface area (Å²) in [6.45, 7) is 0. The number of alkyl halides is 3. The molecule has 3 aromatic rings. The zero-order valence-corrected chi connectivity index (χ0v) is 18.3. The Morgan fingerprint density at radius 3 is 2.53 bits per heavy atom. The van der Waals surface area contributed by atoms with Crippen LogP contribution in [0.3, 0.4) is 0 Å². The van der Waals surface area contributed by atoms with Crippen molar-refractivity contribution < 1.29 is 22.8 Å². The second-order valence-electron chi connectivity index (χ2n) is 6.30. The van der Waals surface area contributed by atoms with Crippen molar-refractivity contribution in [2.24, 2.45) is 5.10 Å². The number of aromatic nitrogens is 1. The van der Waals surface area contributed by atoms with Gasteiger partial charge in [-0.1, -0.05) is 39.7 Å². The first-order chi connectivity index (χ1) is 15.1. The van der Waals surface area contributed by atoms with Gasteiger partial charge in [-0.05, 0) is 48.0 Å². The fraction of sp³-hybridized carbons (Fsp3) is 0.0476. The normalized spacial score (nSPS) is 11.4. The van der Waals surface area contributed by atoms with Crippen LogP contribution in [0.1, 0.15) is 32.0 Å². The fourth-order valence-corrected chi connectivity index (χ4v) is 3.15. The van der Waals surface area contributed by atoms with Crippen molar-refractivity contribution in [1.29, 1.82) is 0 Å². The zero-order valence-electron chi connectivity index (χ0n) is 16.0. The monoisotopic (exact) mass is 524 g/mol. The third kappa shape index (κ3) is 5.92. The number of nitrogens with one attached hydrogen (secondary N) is 2. The van der Waals surface area contributed by atoms with E-state index in [0.29, 0.717) is 4.47 Å². The van der Waals surface area contributed by atoms with Gasteiger partial charge >= 0.3 is 6.18 Å². The topological polar surface area (TPSA) is 83.5 Å². The van der Waals surface area contributed by atoms with Crippen LogP contribution in [-0.4, -0.2) is 23.0 Å². The molecule has 0 aliphatic rings. The second-order valence-corrected chi connectivity index (χ2v) is 7.62. The zero-order chi connectivity index (χ0) is 23.3. The Morgan fingerprint density at radius 1 is 1.06 bits per heavy atom. The molecule has 0 unspecified atom stereocenters. The SMILES string of the molecule is O=C(Nc1ccc(Br)cc1C(=O)NN=Cc1ccc(Cl)c(C(F)(F)F)c1)c1ccccn1. The minimum Gasteiger partial charge on any atom is -0.320 e. The molecule has 0 saturated carbocycles. The molecule has 2 N–H and O–H groups in total. The van der Waals surface area contributed by atoms with Gasteiger partial charge in [-0.15, -0.1) is 0 Å². The quantitative estimate of drug-likeness (QED) is 0.339. The molecular formula is C21H13BrClF3N4O2. The summed E-state index contributed by atoms with van der Waals surface area (Å²) in [6.07, 6.45) is -2.12. The summed E-state index contributed by atoms with van der Waals surface area (Å²) in [4.78, 5) is 28.9. The van der Waals surface area contributed by atoms with Gasteiger partial charge in [-0.3, -0.25) is 14.6 Å². The van der Waals surface area contributed by atoms with E-state index < -0.39 is 28.6 Å². The van der Waals surface area contributed by atoms with Crippen LogP contribution in [0.4, 0.5) is 18.9 Å². The first-order valence-corrected chi connectivity index (χ1v) is 10.0. The highest BCUT2D eigenvalue weighted by atomic mass is 79.9. The van der Waals surface area contributed by atoms with Gasteiger partial charge in [0, 0.05) is 10.7 Å². The summed E-state index contributed by atoms with van der Waals surface area (Å²) < 4.78 is 39.5. The average molecular weight is 526 g/mol. The number of carbonyl (C=O) groups excluding carboxylic acids is 2. The molecule has 1 aromatic heterocycles. The molecule has 0 fully saturated rings. The number of anilines is 1. The van der Waals surface area contributed by atoms with E-state index in [1.807, 2.05) is 0 Å². The number of hydrazone groups is 1. The van der Waals surface area contributed by atoms with E-state index in [4.69, 9.17) is 11.6 Å². The van der Waals surface area contributed by atoms with Crippen molar-refractivity contribution in [3.8, 4) is 0 Å². The minimum atomic E-state index is -4.62. The number of halogens is 5. The molecule has 11 heteroatoms. The van der Waals surface area contributed by atoms with Crippen molar-refractivity contribution in [1.82, 2.24) is 10.4 Å². The number of benzene rings is 2. The van der Waals surface area contributed by atoms with Gasteiger partial charge in [-0.25, -0.2) is 5.43 Å². The van der Waals surface area contributed by atoms with E-state index in [1.54, 1.807) is 18.2 Å². The molecule has 3 rings (SSSR count). The Kier molecular flexibility index (Phi) is 7.26. The Morgan fingerprint density at radius 2 is 1.84 bits per heavy atom. The van der Waals surface area contributed by atoms with Gasteiger partial charge < -0.3 is 5.32 Å². The van der Waals surface area contributed by atoms with Gasteiger partial charge in [0.05, 0.1) is 28.1 Å².